The van der Waals surface area contributed by atoms with Gasteiger partial charge in [0.1, 0.15) is 6.20 Å². The number of methoxy groups -OCH3 is 1. The summed E-state index contributed by atoms with van der Waals surface area (Å²) in [5.41, 5.74) is 3.67. The highest BCUT2D eigenvalue weighted by Gasteiger charge is 2.37. The quantitative estimate of drug-likeness (QED) is 0.419. The summed E-state index contributed by atoms with van der Waals surface area (Å²) < 4.78 is 6.61. The lowest BCUT2D eigenvalue weighted by atomic mass is 9.79. The van der Waals surface area contributed by atoms with Crippen molar-refractivity contribution in [3.05, 3.63) is 55.8 Å². The molecule has 1 heterocycles. The van der Waals surface area contributed by atoms with Crippen LogP contribution in [0.4, 0.5) is 0 Å². The Morgan fingerprint density at radius 3 is 2.57 bits per heavy atom. The first kappa shape index (κ1) is 26.6. The van der Waals surface area contributed by atoms with Gasteiger partial charge in [0, 0.05) is 13.7 Å². The number of rotatable bonds is 9. The molecule has 0 aliphatic heterocycles. The van der Waals surface area contributed by atoms with Gasteiger partial charge in [0.25, 0.3) is 11.5 Å². The zero-order valence-corrected chi connectivity index (χ0v) is 20.3. The van der Waals surface area contributed by atoms with Crippen LogP contribution >= 0.6 is 11.6 Å². The number of aromatic nitrogens is 3. The maximum atomic E-state index is 13.0. The summed E-state index contributed by atoms with van der Waals surface area (Å²) in [5.74, 6) is -0.966. The van der Waals surface area contributed by atoms with Crippen molar-refractivity contribution in [1.82, 2.24) is 19.7 Å². The SMILES string of the molecule is COCC(O)Cn1c(=O)cnn(-c2ccc(Cl)c(C(=O)NCC3(C(N)=O)CCCCCC3)c2)c1=O. The summed E-state index contributed by atoms with van der Waals surface area (Å²) in [4.78, 5) is 50.3. The highest BCUT2D eigenvalue weighted by molar-refractivity contribution is 6.33. The molecule has 4 N–H and O–H groups in total. The van der Waals surface area contributed by atoms with Gasteiger partial charge in [-0.15, -0.1) is 0 Å². The standard InChI is InChI=1S/C23H30ClN5O6/c1-35-13-16(30)12-28-19(31)11-27-29(22(28)34)15-6-7-18(24)17(10-15)20(32)26-14-23(21(25)33)8-4-2-3-5-9-23/h6-7,10-11,16,30H,2-5,8-9,12-14H2,1H3,(H2,25,33)(H,26,32). The van der Waals surface area contributed by atoms with Gasteiger partial charge in [-0.05, 0) is 31.0 Å². The molecule has 1 aliphatic carbocycles. The van der Waals surface area contributed by atoms with E-state index in [-0.39, 0.29) is 36.0 Å². The number of primary amides is 1. The van der Waals surface area contributed by atoms with E-state index in [4.69, 9.17) is 22.1 Å². The van der Waals surface area contributed by atoms with Gasteiger partial charge in [0.05, 0.1) is 40.9 Å². The highest BCUT2D eigenvalue weighted by Crippen LogP contribution is 2.34. The molecule has 0 bridgehead atoms. The van der Waals surface area contributed by atoms with Crippen LogP contribution in [0.5, 0.6) is 0 Å². The monoisotopic (exact) mass is 507 g/mol. The van der Waals surface area contributed by atoms with E-state index in [1.54, 1.807) is 0 Å². The second-order valence-electron chi connectivity index (χ2n) is 8.80. The number of aliphatic hydroxyl groups excluding tert-OH is 1. The lowest BCUT2D eigenvalue weighted by Crippen LogP contribution is -2.46. The van der Waals surface area contributed by atoms with Crippen LogP contribution in [0.3, 0.4) is 0 Å². The minimum Gasteiger partial charge on any atom is -0.389 e. The van der Waals surface area contributed by atoms with E-state index in [0.717, 1.165) is 41.1 Å². The van der Waals surface area contributed by atoms with E-state index in [0.29, 0.717) is 12.8 Å². The average molecular weight is 508 g/mol. The normalized spacial score (nSPS) is 16.3. The summed E-state index contributed by atoms with van der Waals surface area (Å²) in [7, 11) is 1.39. The predicted octanol–water partition coefficient (Wildman–Crippen LogP) is 0.611. The van der Waals surface area contributed by atoms with Crippen molar-refractivity contribution >= 4 is 23.4 Å². The number of aliphatic hydroxyl groups is 1. The number of hydrogen-bond donors (Lipinski definition) is 3. The van der Waals surface area contributed by atoms with Crippen LogP contribution in [-0.4, -0.2) is 57.6 Å². The second-order valence-corrected chi connectivity index (χ2v) is 9.21. The molecule has 0 saturated heterocycles. The molecule has 2 amide bonds. The lowest BCUT2D eigenvalue weighted by Gasteiger charge is -2.29. The summed E-state index contributed by atoms with van der Waals surface area (Å²) in [5, 5.41) is 16.7. The number of benzene rings is 1. The van der Waals surface area contributed by atoms with E-state index >= 15 is 0 Å². The van der Waals surface area contributed by atoms with Crippen molar-refractivity contribution in [3.8, 4) is 5.69 Å². The molecule has 1 aromatic heterocycles. The van der Waals surface area contributed by atoms with Crippen LogP contribution in [0.2, 0.25) is 5.02 Å². The smallest absolute Gasteiger partial charge is 0.352 e. The van der Waals surface area contributed by atoms with E-state index in [2.05, 4.69) is 10.4 Å². The van der Waals surface area contributed by atoms with Crippen molar-refractivity contribution < 1.29 is 19.4 Å². The van der Waals surface area contributed by atoms with Gasteiger partial charge < -0.3 is 20.9 Å². The van der Waals surface area contributed by atoms with E-state index < -0.39 is 34.6 Å². The third-order valence-corrected chi connectivity index (χ3v) is 6.65. The van der Waals surface area contributed by atoms with Crippen molar-refractivity contribution in [2.24, 2.45) is 11.1 Å². The maximum Gasteiger partial charge on any atom is 0.352 e. The molecule has 35 heavy (non-hydrogen) atoms. The third-order valence-electron chi connectivity index (χ3n) is 6.32. The largest absolute Gasteiger partial charge is 0.389 e. The lowest BCUT2D eigenvalue weighted by molar-refractivity contribution is -0.128. The van der Waals surface area contributed by atoms with Gasteiger partial charge >= 0.3 is 5.69 Å². The number of halogens is 1. The van der Waals surface area contributed by atoms with Gasteiger partial charge in [0.15, 0.2) is 0 Å². The van der Waals surface area contributed by atoms with Crippen molar-refractivity contribution in [1.29, 1.82) is 0 Å². The molecule has 0 radical (unpaired) electrons. The molecule has 1 aromatic carbocycles. The molecule has 1 saturated carbocycles. The second kappa shape index (κ2) is 11.6. The number of carbonyl (C=O) groups excluding carboxylic acids is 2. The Bertz CT molecular complexity index is 1190. The molecule has 1 atom stereocenters. The number of carbonyl (C=O) groups is 2. The van der Waals surface area contributed by atoms with Crippen molar-refractivity contribution in [2.45, 2.75) is 51.2 Å². The number of nitrogens with one attached hydrogen (secondary N) is 1. The van der Waals surface area contributed by atoms with E-state index in [1.807, 2.05) is 0 Å². The zero-order valence-electron chi connectivity index (χ0n) is 19.5. The Morgan fingerprint density at radius 1 is 1.26 bits per heavy atom. The van der Waals surface area contributed by atoms with E-state index in [9.17, 15) is 24.3 Å². The molecular weight excluding hydrogens is 478 g/mol. The molecule has 11 nitrogen and oxygen atoms in total. The fourth-order valence-electron chi connectivity index (χ4n) is 4.32. The van der Waals surface area contributed by atoms with Crippen LogP contribution in [0.25, 0.3) is 5.69 Å². The number of hydrogen-bond acceptors (Lipinski definition) is 7. The molecule has 3 rings (SSSR count). The number of nitrogens with zero attached hydrogens (tertiary/aromatic N) is 3. The fourth-order valence-corrected chi connectivity index (χ4v) is 4.52. The van der Waals surface area contributed by atoms with E-state index in [1.165, 1.54) is 25.3 Å². The molecule has 2 aromatic rings. The highest BCUT2D eigenvalue weighted by atomic mass is 35.5. The van der Waals surface area contributed by atoms with Crippen LogP contribution in [0.15, 0.2) is 34.0 Å². The molecule has 1 aliphatic rings. The van der Waals surface area contributed by atoms with Crippen LogP contribution in [0, 0.1) is 5.41 Å². The first-order valence-corrected chi connectivity index (χ1v) is 11.8. The number of amides is 2. The Morgan fingerprint density at radius 2 is 1.94 bits per heavy atom. The predicted molar refractivity (Wildman–Crippen MR) is 129 cm³/mol. The first-order valence-electron chi connectivity index (χ1n) is 11.4. The van der Waals surface area contributed by atoms with Gasteiger partial charge in [-0.3, -0.25) is 19.0 Å². The summed E-state index contributed by atoms with van der Waals surface area (Å²) in [6, 6.07) is 4.28. The van der Waals surface area contributed by atoms with Crippen LogP contribution in [-0.2, 0) is 16.1 Å². The Labute approximate surface area is 206 Å². The van der Waals surface area contributed by atoms with Gasteiger partial charge in [-0.1, -0.05) is 37.3 Å². The molecular formula is C23H30ClN5O6. The third kappa shape index (κ3) is 6.16. The molecule has 190 valence electrons. The zero-order chi connectivity index (χ0) is 25.6. The summed E-state index contributed by atoms with van der Waals surface area (Å²) in [6.07, 6.45) is 4.83. The Balaban J connectivity index is 1.87. The Kier molecular flexibility index (Phi) is 8.82. The fraction of sp³-hybridized carbons (Fsp3) is 0.522. The summed E-state index contributed by atoms with van der Waals surface area (Å²) in [6.45, 7) is -0.265. The average Bonchev–Trinajstić information content (AvgIpc) is 3.08. The summed E-state index contributed by atoms with van der Waals surface area (Å²) >= 11 is 6.26. The number of ether oxygens (including phenoxy) is 1. The van der Waals surface area contributed by atoms with Crippen molar-refractivity contribution in [2.75, 3.05) is 20.3 Å². The molecule has 12 heteroatoms. The Hall–Kier alpha value is -3.02. The minimum absolute atomic E-state index is 0.0632. The topological polar surface area (TPSA) is 159 Å². The van der Waals surface area contributed by atoms with Gasteiger partial charge in [0.2, 0.25) is 5.91 Å². The van der Waals surface area contributed by atoms with Crippen molar-refractivity contribution in [3.63, 3.8) is 0 Å². The molecule has 1 unspecified atom stereocenters. The van der Waals surface area contributed by atoms with Crippen LogP contribution < -0.4 is 22.3 Å². The molecule has 0 spiro atoms. The molecule has 1 fully saturated rings. The maximum absolute atomic E-state index is 13.0. The van der Waals surface area contributed by atoms with Gasteiger partial charge in [-0.2, -0.15) is 9.78 Å². The van der Waals surface area contributed by atoms with Crippen LogP contribution in [0.1, 0.15) is 48.9 Å². The minimum atomic E-state index is -1.07. The first-order chi connectivity index (χ1) is 16.7. The number of nitrogens with two attached hydrogens (primary N) is 1. The van der Waals surface area contributed by atoms with Gasteiger partial charge in [-0.25, -0.2) is 4.79 Å².